The minimum atomic E-state index is -4.42. The highest BCUT2D eigenvalue weighted by Gasteiger charge is 2.32. The predicted molar refractivity (Wildman–Crippen MR) is 112 cm³/mol. The Kier molecular flexibility index (Phi) is 6.51. The highest BCUT2D eigenvalue weighted by Crippen LogP contribution is 2.35. The Morgan fingerprint density at radius 3 is 2.53 bits per heavy atom. The summed E-state index contributed by atoms with van der Waals surface area (Å²) in [5, 5.41) is 6.17. The summed E-state index contributed by atoms with van der Waals surface area (Å²) in [6.07, 6.45) is -1.09. The van der Waals surface area contributed by atoms with Gasteiger partial charge in [0.25, 0.3) is 0 Å². The molecule has 158 valence electrons. The van der Waals surface area contributed by atoms with Gasteiger partial charge in [0.1, 0.15) is 5.82 Å². The van der Waals surface area contributed by atoms with Gasteiger partial charge < -0.3 is 15.5 Å². The molecule has 3 aromatic rings. The van der Waals surface area contributed by atoms with Crippen molar-refractivity contribution < 1.29 is 13.2 Å². The van der Waals surface area contributed by atoms with Gasteiger partial charge in [-0.25, -0.2) is 4.98 Å². The van der Waals surface area contributed by atoms with Crippen LogP contribution >= 0.6 is 0 Å². The highest BCUT2D eigenvalue weighted by molar-refractivity contribution is 5.68. The van der Waals surface area contributed by atoms with Crippen molar-refractivity contribution >= 4 is 17.5 Å². The number of hydrogen-bond donors (Lipinski definition) is 2. The second kappa shape index (κ2) is 9.08. The van der Waals surface area contributed by atoms with Gasteiger partial charge in [0.2, 0.25) is 5.95 Å². The molecule has 30 heavy (non-hydrogen) atoms. The zero-order chi connectivity index (χ0) is 21.7. The lowest BCUT2D eigenvalue weighted by Crippen LogP contribution is -2.21. The lowest BCUT2D eigenvalue weighted by molar-refractivity contribution is -0.138. The largest absolute Gasteiger partial charge is 0.416 e. The molecule has 0 atom stereocenters. The average molecular weight is 416 g/mol. The van der Waals surface area contributed by atoms with Crippen LogP contribution in [-0.2, 0) is 6.18 Å². The van der Waals surface area contributed by atoms with Gasteiger partial charge in [-0.15, -0.1) is 0 Å². The number of pyridine rings is 1. The van der Waals surface area contributed by atoms with Gasteiger partial charge in [-0.3, -0.25) is 4.98 Å². The van der Waals surface area contributed by atoms with E-state index in [4.69, 9.17) is 0 Å². The predicted octanol–water partition coefficient (Wildman–Crippen LogP) is 4.58. The van der Waals surface area contributed by atoms with Crippen LogP contribution in [0, 0.1) is 6.92 Å². The van der Waals surface area contributed by atoms with E-state index in [1.165, 1.54) is 13.0 Å². The molecule has 0 saturated heterocycles. The second-order valence-electron chi connectivity index (χ2n) is 7.03. The fourth-order valence-electron chi connectivity index (χ4n) is 2.86. The summed E-state index contributed by atoms with van der Waals surface area (Å²) in [5.74, 6) is 0.768. The van der Waals surface area contributed by atoms with E-state index in [0.29, 0.717) is 29.7 Å². The molecule has 6 nitrogen and oxygen atoms in total. The van der Waals surface area contributed by atoms with Crippen molar-refractivity contribution in [2.45, 2.75) is 13.1 Å². The van der Waals surface area contributed by atoms with Gasteiger partial charge in [-0.2, -0.15) is 18.2 Å². The van der Waals surface area contributed by atoms with Crippen molar-refractivity contribution in [3.05, 3.63) is 59.9 Å². The quantitative estimate of drug-likeness (QED) is 0.588. The molecule has 2 N–H and O–H groups in total. The smallest absolute Gasteiger partial charge is 0.353 e. The van der Waals surface area contributed by atoms with Crippen molar-refractivity contribution in [2.24, 2.45) is 0 Å². The molecule has 0 aliphatic carbocycles. The molecule has 0 bridgehead atoms. The zero-order valence-corrected chi connectivity index (χ0v) is 17.0. The standard InChI is InChI=1S/C21H23F3N6/c1-14-16(21(22,23)24)7-4-8-17(14)27-19-12-18(15-6-5-9-25-13-15)28-20(29-19)26-10-11-30(2)3/h4-9,12-13H,10-11H2,1-3H3,(H2,26,27,28,29). The first-order chi connectivity index (χ1) is 14.2. The summed E-state index contributed by atoms with van der Waals surface area (Å²) in [6, 6.07) is 9.37. The number of benzene rings is 1. The third-order valence-electron chi connectivity index (χ3n) is 4.43. The van der Waals surface area contributed by atoms with Crippen LogP contribution in [0.3, 0.4) is 0 Å². The third kappa shape index (κ3) is 5.44. The van der Waals surface area contributed by atoms with Crippen molar-refractivity contribution in [1.29, 1.82) is 0 Å². The first-order valence-corrected chi connectivity index (χ1v) is 9.36. The molecular formula is C21H23F3N6. The number of likely N-dealkylation sites (N-methyl/N-ethyl adjacent to an activating group) is 1. The van der Waals surface area contributed by atoms with Gasteiger partial charge in [-0.05, 0) is 50.8 Å². The molecule has 0 fully saturated rings. The SMILES string of the molecule is Cc1c(Nc2cc(-c3cccnc3)nc(NCCN(C)C)n2)cccc1C(F)(F)F. The molecule has 2 heterocycles. The van der Waals surface area contributed by atoms with E-state index in [9.17, 15) is 13.2 Å². The van der Waals surface area contributed by atoms with E-state index >= 15 is 0 Å². The number of halogens is 3. The van der Waals surface area contributed by atoms with E-state index in [2.05, 4.69) is 25.6 Å². The van der Waals surface area contributed by atoms with Crippen molar-refractivity contribution in [3.63, 3.8) is 0 Å². The summed E-state index contributed by atoms with van der Waals surface area (Å²) >= 11 is 0. The molecule has 0 aliphatic heterocycles. The Labute approximate surface area is 173 Å². The monoisotopic (exact) mass is 416 g/mol. The van der Waals surface area contributed by atoms with Crippen molar-refractivity contribution in [3.8, 4) is 11.3 Å². The Hall–Kier alpha value is -3.20. The van der Waals surface area contributed by atoms with E-state index in [0.717, 1.165) is 18.2 Å². The second-order valence-corrected chi connectivity index (χ2v) is 7.03. The van der Waals surface area contributed by atoms with Crippen LogP contribution in [0.4, 0.5) is 30.6 Å². The Bertz CT molecular complexity index is 990. The third-order valence-corrected chi connectivity index (χ3v) is 4.43. The van der Waals surface area contributed by atoms with E-state index in [-0.39, 0.29) is 5.56 Å². The van der Waals surface area contributed by atoms with E-state index < -0.39 is 11.7 Å². The van der Waals surface area contributed by atoms with Crippen molar-refractivity contribution in [1.82, 2.24) is 19.9 Å². The van der Waals surface area contributed by atoms with E-state index in [1.54, 1.807) is 30.6 Å². The zero-order valence-electron chi connectivity index (χ0n) is 17.0. The first kappa shape index (κ1) is 21.5. The minimum absolute atomic E-state index is 0.105. The summed E-state index contributed by atoms with van der Waals surface area (Å²) in [5.41, 5.74) is 1.14. The number of anilines is 3. The lowest BCUT2D eigenvalue weighted by Gasteiger charge is -2.16. The van der Waals surface area contributed by atoms with Crippen LogP contribution in [0.1, 0.15) is 11.1 Å². The fraction of sp³-hybridized carbons (Fsp3) is 0.286. The van der Waals surface area contributed by atoms with Gasteiger partial charge in [-0.1, -0.05) is 6.07 Å². The number of rotatable bonds is 7. The molecule has 0 amide bonds. The van der Waals surface area contributed by atoms with Crippen LogP contribution in [0.5, 0.6) is 0 Å². The average Bonchev–Trinajstić information content (AvgIpc) is 2.69. The van der Waals surface area contributed by atoms with Crippen molar-refractivity contribution in [2.75, 3.05) is 37.8 Å². The maximum Gasteiger partial charge on any atom is 0.416 e. The molecule has 9 heteroatoms. The molecule has 0 spiro atoms. The normalized spacial score (nSPS) is 11.6. The maximum atomic E-state index is 13.2. The minimum Gasteiger partial charge on any atom is -0.353 e. The molecule has 0 saturated carbocycles. The topological polar surface area (TPSA) is 66.0 Å². The van der Waals surface area contributed by atoms with Gasteiger partial charge >= 0.3 is 6.18 Å². The Morgan fingerprint density at radius 2 is 1.87 bits per heavy atom. The number of aromatic nitrogens is 3. The number of alkyl halides is 3. The maximum absolute atomic E-state index is 13.2. The van der Waals surface area contributed by atoms with Gasteiger partial charge in [0.05, 0.1) is 11.3 Å². The molecular weight excluding hydrogens is 393 g/mol. The number of nitrogens with one attached hydrogen (secondary N) is 2. The molecule has 2 aromatic heterocycles. The summed E-state index contributed by atoms with van der Waals surface area (Å²) in [7, 11) is 3.91. The molecule has 0 unspecified atom stereocenters. The van der Waals surface area contributed by atoms with Crippen LogP contribution < -0.4 is 10.6 Å². The Balaban J connectivity index is 1.96. The molecule has 1 aromatic carbocycles. The Morgan fingerprint density at radius 1 is 1.07 bits per heavy atom. The summed E-state index contributed by atoms with van der Waals surface area (Å²) < 4.78 is 39.7. The summed E-state index contributed by atoms with van der Waals surface area (Å²) in [4.78, 5) is 15.1. The number of nitrogens with zero attached hydrogens (tertiary/aromatic N) is 4. The van der Waals surface area contributed by atoms with Crippen LogP contribution in [0.2, 0.25) is 0 Å². The summed E-state index contributed by atoms with van der Waals surface area (Å²) in [6.45, 7) is 2.83. The van der Waals surface area contributed by atoms with Crippen LogP contribution in [-0.4, -0.2) is 47.0 Å². The van der Waals surface area contributed by atoms with Crippen LogP contribution in [0.25, 0.3) is 11.3 Å². The van der Waals surface area contributed by atoms with E-state index in [1.807, 2.05) is 25.1 Å². The first-order valence-electron chi connectivity index (χ1n) is 9.36. The van der Waals surface area contributed by atoms with Gasteiger partial charge in [0, 0.05) is 42.8 Å². The molecule has 3 rings (SSSR count). The van der Waals surface area contributed by atoms with Crippen LogP contribution in [0.15, 0.2) is 48.8 Å². The molecule has 0 aliphatic rings. The highest BCUT2D eigenvalue weighted by atomic mass is 19.4. The van der Waals surface area contributed by atoms with Gasteiger partial charge in [0.15, 0.2) is 0 Å². The number of hydrogen-bond acceptors (Lipinski definition) is 6. The molecule has 0 radical (unpaired) electrons. The fourth-order valence-corrected chi connectivity index (χ4v) is 2.86. The lowest BCUT2D eigenvalue weighted by atomic mass is 10.1.